The Hall–Kier alpha value is -2.99. The Bertz CT molecular complexity index is 803. The molecule has 0 unspecified atom stereocenters. The van der Waals surface area contributed by atoms with E-state index in [1.165, 1.54) is 0 Å². The summed E-state index contributed by atoms with van der Waals surface area (Å²) in [5, 5.41) is 5.55. The number of rotatable bonds is 8. The van der Waals surface area contributed by atoms with E-state index < -0.39 is 0 Å². The van der Waals surface area contributed by atoms with Crippen LogP contribution in [0.15, 0.2) is 54.6 Å². The van der Waals surface area contributed by atoms with Crippen molar-refractivity contribution in [2.45, 2.75) is 19.9 Å². The second-order valence-corrected chi connectivity index (χ2v) is 6.68. The molecule has 0 aliphatic rings. The molecule has 2 aromatic rings. The van der Waals surface area contributed by atoms with Gasteiger partial charge in [0.15, 0.2) is 5.78 Å². The molecule has 0 aliphatic carbocycles. The molecule has 2 N–H and O–H groups in total. The van der Waals surface area contributed by atoms with Crippen molar-refractivity contribution in [2.24, 2.45) is 0 Å². The lowest BCUT2D eigenvalue weighted by Gasteiger charge is -2.17. The molecule has 0 aliphatic heterocycles. The van der Waals surface area contributed by atoms with Crippen molar-refractivity contribution in [3.05, 3.63) is 65.7 Å². The first-order chi connectivity index (χ1) is 12.9. The van der Waals surface area contributed by atoms with Gasteiger partial charge in [-0.1, -0.05) is 42.5 Å². The minimum atomic E-state index is -0.289. The quantitative estimate of drug-likeness (QED) is 0.702. The minimum absolute atomic E-state index is 0.0410. The third-order valence-corrected chi connectivity index (χ3v) is 3.76. The number of para-hydroxylation sites is 1. The molecular formula is C21H25N3O3. The molecule has 0 saturated heterocycles. The summed E-state index contributed by atoms with van der Waals surface area (Å²) in [6.45, 7) is 3.92. The number of nitrogens with one attached hydrogen (secondary N) is 2. The maximum atomic E-state index is 12.7. The standard InChI is InChI=1S/C21H25N3O3/c1-15(2)22-19(25)13-24(3)14-20(26)23-18-12-8-7-11-17(18)21(27)16-9-5-4-6-10-16/h4-12,15H,13-14H2,1-3H3,(H,22,25)(H,23,26). The van der Waals surface area contributed by atoms with Gasteiger partial charge in [0.05, 0.1) is 18.8 Å². The molecule has 0 aromatic heterocycles. The van der Waals surface area contributed by atoms with Crippen LogP contribution in [0.1, 0.15) is 29.8 Å². The molecule has 6 heteroatoms. The zero-order chi connectivity index (χ0) is 19.8. The van der Waals surface area contributed by atoms with E-state index in [1.54, 1.807) is 60.5 Å². The van der Waals surface area contributed by atoms with Gasteiger partial charge in [0.1, 0.15) is 0 Å². The Labute approximate surface area is 159 Å². The van der Waals surface area contributed by atoms with Crippen LogP contribution < -0.4 is 10.6 Å². The van der Waals surface area contributed by atoms with Crippen LogP contribution in [-0.4, -0.2) is 48.7 Å². The van der Waals surface area contributed by atoms with Gasteiger partial charge in [0.25, 0.3) is 0 Å². The Morgan fingerprint density at radius 2 is 1.48 bits per heavy atom. The highest BCUT2D eigenvalue weighted by molar-refractivity contribution is 6.13. The van der Waals surface area contributed by atoms with Gasteiger partial charge in [-0.25, -0.2) is 0 Å². The number of anilines is 1. The second-order valence-electron chi connectivity index (χ2n) is 6.68. The number of hydrogen-bond donors (Lipinski definition) is 2. The number of amides is 2. The van der Waals surface area contributed by atoms with E-state index in [4.69, 9.17) is 0 Å². The van der Waals surface area contributed by atoms with Gasteiger partial charge in [0, 0.05) is 17.2 Å². The third-order valence-electron chi connectivity index (χ3n) is 3.76. The van der Waals surface area contributed by atoms with Gasteiger partial charge in [-0.2, -0.15) is 0 Å². The first-order valence-corrected chi connectivity index (χ1v) is 8.83. The molecule has 27 heavy (non-hydrogen) atoms. The van der Waals surface area contributed by atoms with E-state index in [2.05, 4.69) is 10.6 Å². The molecule has 0 fully saturated rings. The zero-order valence-corrected chi connectivity index (χ0v) is 15.9. The highest BCUT2D eigenvalue weighted by Gasteiger charge is 2.16. The molecule has 2 amide bonds. The topological polar surface area (TPSA) is 78.5 Å². The van der Waals surface area contributed by atoms with Gasteiger partial charge in [-0.05, 0) is 33.0 Å². The minimum Gasteiger partial charge on any atom is -0.353 e. The predicted octanol–water partition coefficient (Wildman–Crippen LogP) is 2.31. The highest BCUT2D eigenvalue weighted by Crippen LogP contribution is 2.19. The number of likely N-dealkylation sites (N-methyl/N-ethyl adjacent to an activating group) is 1. The van der Waals surface area contributed by atoms with Gasteiger partial charge in [0.2, 0.25) is 11.8 Å². The summed E-state index contributed by atoms with van der Waals surface area (Å²) in [6.07, 6.45) is 0. The fourth-order valence-corrected chi connectivity index (χ4v) is 2.64. The first-order valence-electron chi connectivity index (χ1n) is 8.83. The summed E-state index contributed by atoms with van der Waals surface area (Å²) in [7, 11) is 1.69. The van der Waals surface area contributed by atoms with Crippen molar-refractivity contribution < 1.29 is 14.4 Å². The molecule has 6 nitrogen and oxygen atoms in total. The van der Waals surface area contributed by atoms with E-state index in [1.807, 2.05) is 19.9 Å². The number of carbonyl (C=O) groups excluding carboxylic acids is 3. The molecule has 0 spiro atoms. The Balaban J connectivity index is 2.02. The lowest BCUT2D eigenvalue weighted by atomic mass is 10.0. The van der Waals surface area contributed by atoms with Crippen molar-refractivity contribution in [1.29, 1.82) is 0 Å². The smallest absolute Gasteiger partial charge is 0.238 e. The van der Waals surface area contributed by atoms with E-state index in [-0.39, 0.29) is 36.7 Å². The summed E-state index contributed by atoms with van der Waals surface area (Å²) < 4.78 is 0. The van der Waals surface area contributed by atoms with Crippen LogP contribution >= 0.6 is 0 Å². The highest BCUT2D eigenvalue weighted by atomic mass is 16.2. The number of carbonyl (C=O) groups is 3. The molecule has 0 bridgehead atoms. The van der Waals surface area contributed by atoms with Crippen molar-refractivity contribution >= 4 is 23.3 Å². The normalized spacial score (nSPS) is 10.7. The summed E-state index contributed by atoms with van der Waals surface area (Å²) >= 11 is 0. The fraction of sp³-hybridized carbons (Fsp3) is 0.286. The predicted molar refractivity (Wildman–Crippen MR) is 106 cm³/mol. The SMILES string of the molecule is CC(C)NC(=O)CN(C)CC(=O)Nc1ccccc1C(=O)c1ccccc1. The van der Waals surface area contributed by atoms with Crippen LogP contribution in [0.5, 0.6) is 0 Å². The molecule has 0 heterocycles. The van der Waals surface area contributed by atoms with Crippen molar-refractivity contribution in [3.8, 4) is 0 Å². The fourth-order valence-electron chi connectivity index (χ4n) is 2.64. The summed E-state index contributed by atoms with van der Waals surface area (Å²) in [5.41, 5.74) is 1.44. The van der Waals surface area contributed by atoms with Gasteiger partial charge < -0.3 is 10.6 Å². The van der Waals surface area contributed by atoms with Gasteiger partial charge in [-0.3, -0.25) is 19.3 Å². The van der Waals surface area contributed by atoms with E-state index in [9.17, 15) is 14.4 Å². The average molecular weight is 367 g/mol. The number of nitrogens with zero attached hydrogens (tertiary/aromatic N) is 1. The molecule has 142 valence electrons. The monoisotopic (exact) mass is 367 g/mol. The van der Waals surface area contributed by atoms with Gasteiger partial charge >= 0.3 is 0 Å². The van der Waals surface area contributed by atoms with Crippen LogP contribution in [0.3, 0.4) is 0 Å². The summed E-state index contributed by atoms with van der Waals surface area (Å²) in [6, 6.07) is 15.9. The molecule has 0 radical (unpaired) electrons. The Morgan fingerprint density at radius 1 is 0.889 bits per heavy atom. The van der Waals surface area contributed by atoms with E-state index in [0.717, 1.165) is 0 Å². The lowest BCUT2D eigenvalue weighted by molar-refractivity contribution is -0.123. The largest absolute Gasteiger partial charge is 0.353 e. The molecule has 2 aromatic carbocycles. The maximum absolute atomic E-state index is 12.7. The molecule has 0 atom stereocenters. The molecule has 2 rings (SSSR count). The van der Waals surface area contributed by atoms with Crippen molar-refractivity contribution in [3.63, 3.8) is 0 Å². The summed E-state index contributed by atoms with van der Waals surface area (Å²) in [5.74, 6) is -0.584. The number of ketones is 1. The van der Waals surface area contributed by atoms with Crippen LogP contribution in [-0.2, 0) is 9.59 Å². The third kappa shape index (κ3) is 6.34. The maximum Gasteiger partial charge on any atom is 0.238 e. The number of hydrogen-bond acceptors (Lipinski definition) is 4. The van der Waals surface area contributed by atoms with Crippen LogP contribution in [0.4, 0.5) is 5.69 Å². The Kier molecular flexibility index (Phi) is 7.25. The van der Waals surface area contributed by atoms with Crippen LogP contribution in [0.2, 0.25) is 0 Å². The summed E-state index contributed by atoms with van der Waals surface area (Å²) in [4.78, 5) is 38.4. The second kappa shape index (κ2) is 9.64. The number of benzene rings is 2. The van der Waals surface area contributed by atoms with E-state index >= 15 is 0 Å². The average Bonchev–Trinajstić information content (AvgIpc) is 2.61. The van der Waals surface area contributed by atoms with Crippen LogP contribution in [0, 0.1) is 0 Å². The molecule has 0 saturated carbocycles. The zero-order valence-electron chi connectivity index (χ0n) is 15.9. The van der Waals surface area contributed by atoms with E-state index in [0.29, 0.717) is 16.8 Å². The van der Waals surface area contributed by atoms with Gasteiger partial charge in [-0.15, -0.1) is 0 Å². The van der Waals surface area contributed by atoms with Crippen LogP contribution in [0.25, 0.3) is 0 Å². The van der Waals surface area contributed by atoms with Crippen molar-refractivity contribution in [2.75, 3.05) is 25.5 Å². The first kappa shape index (κ1) is 20.3. The lowest BCUT2D eigenvalue weighted by Crippen LogP contribution is -2.41. The van der Waals surface area contributed by atoms with Crippen molar-refractivity contribution in [1.82, 2.24) is 10.2 Å². The Morgan fingerprint density at radius 3 is 2.15 bits per heavy atom. The molecular weight excluding hydrogens is 342 g/mol.